The van der Waals surface area contributed by atoms with Gasteiger partial charge in [-0.1, -0.05) is 26.0 Å². The summed E-state index contributed by atoms with van der Waals surface area (Å²) in [5, 5.41) is 0. The number of anilines is 2. The normalized spacial score (nSPS) is 13.8. The molecule has 0 atom stereocenters. The maximum Gasteiger partial charge on any atom is 0.332 e. The Kier molecular flexibility index (Phi) is 3.98. The number of imidazole rings is 1. The number of aryl methyl sites for hydroxylation is 3. The number of fused-ring (bicyclic) bond motifs is 3. The van der Waals surface area contributed by atoms with Crippen molar-refractivity contribution in [1.29, 1.82) is 0 Å². The molecule has 0 saturated heterocycles. The van der Waals surface area contributed by atoms with Crippen LogP contribution in [0, 0.1) is 19.8 Å². The van der Waals surface area contributed by atoms with Crippen molar-refractivity contribution in [3.05, 3.63) is 50.2 Å². The Morgan fingerprint density at radius 3 is 2.59 bits per heavy atom. The van der Waals surface area contributed by atoms with Gasteiger partial charge < -0.3 is 9.47 Å². The van der Waals surface area contributed by atoms with Crippen LogP contribution in [0.4, 0.5) is 11.6 Å². The van der Waals surface area contributed by atoms with E-state index < -0.39 is 0 Å². The van der Waals surface area contributed by atoms with E-state index in [1.54, 1.807) is 7.05 Å². The van der Waals surface area contributed by atoms with Crippen LogP contribution in [-0.4, -0.2) is 25.2 Å². The predicted octanol–water partition coefficient (Wildman–Crippen LogP) is 2.32. The van der Waals surface area contributed by atoms with Crippen LogP contribution in [0.2, 0.25) is 0 Å². The highest BCUT2D eigenvalue weighted by atomic mass is 16.2. The highest BCUT2D eigenvalue weighted by Gasteiger charge is 2.29. The lowest BCUT2D eigenvalue weighted by Crippen LogP contribution is -2.40. The van der Waals surface area contributed by atoms with Crippen molar-refractivity contribution in [2.45, 2.75) is 40.8 Å². The zero-order valence-corrected chi connectivity index (χ0v) is 16.5. The van der Waals surface area contributed by atoms with Crippen LogP contribution in [0.1, 0.15) is 25.0 Å². The second-order valence-corrected chi connectivity index (χ2v) is 7.83. The maximum absolute atomic E-state index is 13.1. The second-order valence-electron chi connectivity index (χ2n) is 7.83. The smallest absolute Gasteiger partial charge is 0.310 e. The third-order valence-electron chi connectivity index (χ3n) is 5.20. The largest absolute Gasteiger partial charge is 0.332 e. The number of hydrogen-bond donors (Lipinski definition) is 0. The zero-order chi connectivity index (χ0) is 19.5. The molecule has 1 aliphatic heterocycles. The molecule has 3 heterocycles. The Balaban J connectivity index is 1.97. The van der Waals surface area contributed by atoms with Gasteiger partial charge in [0.2, 0.25) is 5.95 Å². The summed E-state index contributed by atoms with van der Waals surface area (Å²) in [7, 11) is 1.69. The second kappa shape index (κ2) is 6.11. The van der Waals surface area contributed by atoms with Crippen LogP contribution in [-0.2, 0) is 20.1 Å². The molecule has 0 radical (unpaired) electrons. The first-order chi connectivity index (χ1) is 12.8. The molecule has 1 aliphatic rings. The lowest BCUT2D eigenvalue weighted by atomic mass is 10.1. The van der Waals surface area contributed by atoms with E-state index in [1.807, 2.05) is 18.4 Å². The third-order valence-corrected chi connectivity index (χ3v) is 5.20. The molecule has 0 unspecified atom stereocenters. The third kappa shape index (κ3) is 2.60. The van der Waals surface area contributed by atoms with Gasteiger partial charge in [0.15, 0.2) is 11.2 Å². The lowest BCUT2D eigenvalue weighted by molar-refractivity contribution is 0.484. The van der Waals surface area contributed by atoms with Gasteiger partial charge in [0.1, 0.15) is 0 Å². The van der Waals surface area contributed by atoms with Gasteiger partial charge in [0, 0.05) is 32.4 Å². The van der Waals surface area contributed by atoms with Crippen molar-refractivity contribution in [2.24, 2.45) is 13.0 Å². The highest BCUT2D eigenvalue weighted by molar-refractivity contribution is 5.78. The summed E-state index contributed by atoms with van der Waals surface area (Å²) in [6.07, 6.45) is 0. The fraction of sp³-hybridized carbons (Fsp3) is 0.450. The quantitative estimate of drug-likeness (QED) is 0.713. The summed E-state index contributed by atoms with van der Waals surface area (Å²) < 4.78 is 4.78. The molecular weight excluding hydrogens is 342 g/mol. The Bertz CT molecular complexity index is 1170. The molecule has 0 amide bonds. The number of hydrogen-bond acceptors (Lipinski definition) is 4. The molecule has 0 spiro atoms. The van der Waals surface area contributed by atoms with Crippen LogP contribution in [0.5, 0.6) is 0 Å². The Morgan fingerprint density at radius 2 is 1.89 bits per heavy atom. The average molecular weight is 367 g/mol. The van der Waals surface area contributed by atoms with E-state index in [2.05, 4.69) is 36.9 Å². The maximum atomic E-state index is 13.1. The zero-order valence-electron chi connectivity index (χ0n) is 16.5. The highest BCUT2D eigenvalue weighted by Crippen LogP contribution is 2.34. The first kappa shape index (κ1) is 17.6. The molecule has 142 valence electrons. The average Bonchev–Trinajstić information content (AvgIpc) is 3.18. The Morgan fingerprint density at radius 1 is 1.15 bits per heavy atom. The summed E-state index contributed by atoms with van der Waals surface area (Å²) in [5.74, 6) is 0.938. The topological polar surface area (TPSA) is 65.1 Å². The molecule has 0 fully saturated rings. The number of rotatable bonds is 3. The van der Waals surface area contributed by atoms with Crippen LogP contribution < -0.4 is 16.1 Å². The van der Waals surface area contributed by atoms with Gasteiger partial charge in [-0.25, -0.2) is 4.79 Å². The van der Waals surface area contributed by atoms with Gasteiger partial charge in [-0.15, -0.1) is 0 Å². The molecule has 0 aliphatic carbocycles. The van der Waals surface area contributed by atoms with Gasteiger partial charge in [0.25, 0.3) is 5.56 Å². The SMILES string of the molecule is Cc1ccc(C)c(N2CCn3c2nc2c3c(=O)n(CC(C)C)c(=O)n2C)c1. The molecule has 0 N–H and O–H groups in total. The van der Waals surface area contributed by atoms with Gasteiger partial charge in [-0.2, -0.15) is 4.98 Å². The Hall–Kier alpha value is -2.83. The molecule has 0 bridgehead atoms. The fourth-order valence-electron chi connectivity index (χ4n) is 3.84. The van der Waals surface area contributed by atoms with E-state index in [0.717, 1.165) is 23.7 Å². The molecule has 1 aromatic carbocycles. The summed E-state index contributed by atoms with van der Waals surface area (Å²) in [4.78, 5) is 32.6. The van der Waals surface area contributed by atoms with Gasteiger partial charge in [0.05, 0.1) is 0 Å². The van der Waals surface area contributed by atoms with Crippen molar-refractivity contribution in [1.82, 2.24) is 18.7 Å². The molecule has 7 heteroatoms. The minimum absolute atomic E-state index is 0.209. The molecular formula is C20H25N5O2. The fourth-order valence-corrected chi connectivity index (χ4v) is 3.84. The van der Waals surface area contributed by atoms with Gasteiger partial charge >= 0.3 is 5.69 Å². The number of nitrogens with zero attached hydrogens (tertiary/aromatic N) is 5. The van der Waals surface area contributed by atoms with Crippen LogP contribution in [0.25, 0.3) is 11.2 Å². The van der Waals surface area contributed by atoms with Gasteiger partial charge in [-0.3, -0.25) is 13.9 Å². The van der Waals surface area contributed by atoms with E-state index in [9.17, 15) is 9.59 Å². The summed E-state index contributed by atoms with van der Waals surface area (Å²) in [5.41, 5.74) is 3.84. The van der Waals surface area contributed by atoms with E-state index in [0.29, 0.717) is 24.3 Å². The summed E-state index contributed by atoms with van der Waals surface area (Å²) in [6.45, 7) is 9.98. The van der Waals surface area contributed by atoms with Crippen molar-refractivity contribution in [3.63, 3.8) is 0 Å². The number of aromatic nitrogens is 4. The van der Waals surface area contributed by atoms with Crippen LogP contribution in [0.15, 0.2) is 27.8 Å². The van der Waals surface area contributed by atoms with E-state index in [-0.39, 0.29) is 17.2 Å². The molecule has 7 nitrogen and oxygen atoms in total. The molecule has 4 rings (SSSR count). The first-order valence-corrected chi connectivity index (χ1v) is 9.34. The molecule has 3 aromatic rings. The standard InChI is InChI=1S/C20H25N5O2/c1-12(2)11-25-18(26)16-17(22(5)20(25)27)21-19-23(8-9-24(16)19)15-10-13(3)6-7-14(15)4/h6-7,10,12H,8-9,11H2,1-5H3. The summed E-state index contributed by atoms with van der Waals surface area (Å²) >= 11 is 0. The van der Waals surface area contributed by atoms with Crippen molar-refractivity contribution in [3.8, 4) is 0 Å². The minimum atomic E-state index is -0.309. The first-order valence-electron chi connectivity index (χ1n) is 9.34. The van der Waals surface area contributed by atoms with Crippen molar-refractivity contribution < 1.29 is 0 Å². The van der Waals surface area contributed by atoms with Crippen LogP contribution in [0.3, 0.4) is 0 Å². The predicted molar refractivity (Wildman–Crippen MR) is 107 cm³/mol. The monoisotopic (exact) mass is 367 g/mol. The van der Waals surface area contributed by atoms with Crippen LogP contribution >= 0.6 is 0 Å². The lowest BCUT2D eigenvalue weighted by Gasteiger charge is -2.19. The molecule has 27 heavy (non-hydrogen) atoms. The minimum Gasteiger partial charge on any atom is -0.310 e. The molecule has 2 aromatic heterocycles. The molecule has 0 saturated carbocycles. The number of benzene rings is 1. The Labute approximate surface area is 157 Å². The van der Waals surface area contributed by atoms with E-state index in [1.165, 1.54) is 14.7 Å². The van der Waals surface area contributed by atoms with Crippen molar-refractivity contribution in [2.75, 3.05) is 11.4 Å². The summed E-state index contributed by atoms with van der Waals surface area (Å²) in [6, 6.07) is 6.33. The van der Waals surface area contributed by atoms with Crippen molar-refractivity contribution >= 4 is 22.8 Å². The van der Waals surface area contributed by atoms with Gasteiger partial charge in [-0.05, 0) is 37.0 Å². The van der Waals surface area contributed by atoms with E-state index >= 15 is 0 Å². The van der Waals surface area contributed by atoms with E-state index in [4.69, 9.17) is 4.98 Å².